The van der Waals surface area contributed by atoms with E-state index in [4.69, 9.17) is 11.6 Å². The SMILES string of the molecule is CC(C(=O)NCC(O)c1ccc(Cl)cc1)c1ccccc1F. The minimum absolute atomic E-state index is 0.0548. The smallest absolute Gasteiger partial charge is 0.227 e. The lowest BCUT2D eigenvalue weighted by Gasteiger charge is -2.16. The number of nitrogens with one attached hydrogen (secondary N) is 1. The predicted molar refractivity (Wildman–Crippen MR) is 84.2 cm³/mol. The topological polar surface area (TPSA) is 49.3 Å². The first-order valence-corrected chi connectivity index (χ1v) is 7.32. The predicted octanol–water partition coefficient (Wildman–Crippen LogP) is 3.43. The molecule has 0 heterocycles. The lowest BCUT2D eigenvalue weighted by atomic mass is 9.99. The summed E-state index contributed by atoms with van der Waals surface area (Å²) in [6.45, 7) is 1.68. The largest absolute Gasteiger partial charge is 0.387 e. The molecule has 2 N–H and O–H groups in total. The van der Waals surface area contributed by atoms with Crippen LogP contribution in [0, 0.1) is 5.82 Å². The fourth-order valence-electron chi connectivity index (χ4n) is 2.12. The van der Waals surface area contributed by atoms with E-state index in [1.54, 1.807) is 49.4 Å². The van der Waals surface area contributed by atoms with Crippen molar-refractivity contribution in [2.75, 3.05) is 6.54 Å². The van der Waals surface area contributed by atoms with Crippen molar-refractivity contribution in [1.82, 2.24) is 5.32 Å². The highest BCUT2D eigenvalue weighted by Gasteiger charge is 2.19. The fraction of sp³-hybridized carbons (Fsp3) is 0.235. The molecule has 0 spiro atoms. The first-order chi connectivity index (χ1) is 10.5. The van der Waals surface area contributed by atoms with Crippen LogP contribution in [0.1, 0.15) is 30.1 Å². The van der Waals surface area contributed by atoms with Crippen molar-refractivity contribution in [2.45, 2.75) is 18.9 Å². The van der Waals surface area contributed by atoms with Crippen LogP contribution >= 0.6 is 11.6 Å². The molecule has 0 radical (unpaired) electrons. The standard InChI is InChI=1S/C17H17ClFNO2/c1-11(14-4-2-3-5-15(14)19)17(22)20-10-16(21)12-6-8-13(18)9-7-12/h2-9,11,16,21H,10H2,1H3,(H,20,22). The summed E-state index contributed by atoms with van der Waals surface area (Å²) in [5.74, 6) is -1.37. The number of aliphatic hydroxyl groups is 1. The molecule has 2 aromatic rings. The van der Waals surface area contributed by atoms with Crippen LogP contribution < -0.4 is 5.32 Å². The molecule has 2 aromatic carbocycles. The number of hydrogen-bond acceptors (Lipinski definition) is 2. The second kappa shape index (κ2) is 7.38. The van der Waals surface area contributed by atoms with Crippen molar-refractivity contribution >= 4 is 17.5 Å². The molecular weight excluding hydrogens is 305 g/mol. The Morgan fingerprint density at radius 3 is 2.50 bits per heavy atom. The van der Waals surface area contributed by atoms with Gasteiger partial charge in [-0.25, -0.2) is 4.39 Å². The first kappa shape index (κ1) is 16.5. The van der Waals surface area contributed by atoms with E-state index >= 15 is 0 Å². The number of halogens is 2. The van der Waals surface area contributed by atoms with Gasteiger partial charge in [0.1, 0.15) is 5.82 Å². The van der Waals surface area contributed by atoms with Gasteiger partial charge < -0.3 is 10.4 Å². The second-order valence-corrected chi connectivity index (χ2v) is 5.49. The van der Waals surface area contributed by atoms with Gasteiger partial charge in [0.25, 0.3) is 0 Å². The van der Waals surface area contributed by atoms with E-state index in [1.807, 2.05) is 0 Å². The van der Waals surface area contributed by atoms with Crippen molar-refractivity contribution in [3.05, 3.63) is 70.5 Å². The Morgan fingerprint density at radius 2 is 1.86 bits per heavy atom. The van der Waals surface area contributed by atoms with Gasteiger partial charge in [0, 0.05) is 11.6 Å². The fourth-order valence-corrected chi connectivity index (χ4v) is 2.25. The Hall–Kier alpha value is -1.91. The van der Waals surface area contributed by atoms with Crippen LogP contribution in [0.25, 0.3) is 0 Å². The lowest BCUT2D eigenvalue weighted by Crippen LogP contribution is -2.32. The molecule has 116 valence electrons. The summed E-state index contributed by atoms with van der Waals surface area (Å²) in [6, 6.07) is 12.9. The maximum Gasteiger partial charge on any atom is 0.227 e. The van der Waals surface area contributed by atoms with Crippen LogP contribution in [0.4, 0.5) is 4.39 Å². The normalized spacial score (nSPS) is 13.5. The van der Waals surface area contributed by atoms with Crippen LogP contribution in [0.5, 0.6) is 0 Å². The maximum absolute atomic E-state index is 13.7. The molecular formula is C17H17ClFNO2. The number of carbonyl (C=O) groups is 1. The number of carbonyl (C=O) groups excluding carboxylic acids is 1. The van der Waals surface area contributed by atoms with Gasteiger partial charge in [-0.15, -0.1) is 0 Å². The summed E-state index contributed by atoms with van der Waals surface area (Å²) in [5, 5.41) is 13.2. The van der Waals surface area contributed by atoms with Crippen LogP contribution in [0.15, 0.2) is 48.5 Å². The lowest BCUT2D eigenvalue weighted by molar-refractivity contribution is -0.122. The Labute approximate surface area is 133 Å². The summed E-state index contributed by atoms with van der Waals surface area (Å²) in [7, 11) is 0. The number of aliphatic hydroxyl groups excluding tert-OH is 1. The molecule has 0 aliphatic heterocycles. The van der Waals surface area contributed by atoms with Crippen LogP contribution in [-0.4, -0.2) is 17.6 Å². The van der Waals surface area contributed by atoms with Gasteiger partial charge in [0.15, 0.2) is 0 Å². The van der Waals surface area contributed by atoms with E-state index in [0.29, 0.717) is 16.1 Å². The highest BCUT2D eigenvalue weighted by Crippen LogP contribution is 2.19. The third-order valence-electron chi connectivity index (χ3n) is 3.49. The molecule has 1 amide bonds. The van der Waals surface area contributed by atoms with E-state index in [1.165, 1.54) is 6.07 Å². The Morgan fingerprint density at radius 1 is 1.23 bits per heavy atom. The van der Waals surface area contributed by atoms with E-state index in [-0.39, 0.29) is 12.5 Å². The number of amides is 1. The molecule has 0 saturated heterocycles. The number of hydrogen-bond donors (Lipinski definition) is 2. The molecule has 2 unspecified atom stereocenters. The molecule has 0 saturated carbocycles. The van der Waals surface area contributed by atoms with Gasteiger partial charge in [-0.05, 0) is 36.2 Å². The van der Waals surface area contributed by atoms with Gasteiger partial charge in [-0.3, -0.25) is 4.79 Å². The zero-order chi connectivity index (χ0) is 16.1. The zero-order valence-corrected chi connectivity index (χ0v) is 12.8. The molecule has 3 nitrogen and oxygen atoms in total. The Balaban J connectivity index is 1.95. The van der Waals surface area contributed by atoms with Crippen molar-refractivity contribution in [2.24, 2.45) is 0 Å². The molecule has 0 bridgehead atoms. The molecule has 22 heavy (non-hydrogen) atoms. The van der Waals surface area contributed by atoms with Gasteiger partial charge in [0.05, 0.1) is 12.0 Å². The molecule has 0 aromatic heterocycles. The van der Waals surface area contributed by atoms with Gasteiger partial charge in [-0.1, -0.05) is 41.9 Å². The van der Waals surface area contributed by atoms with Gasteiger partial charge in [-0.2, -0.15) is 0 Å². The summed E-state index contributed by atoms with van der Waals surface area (Å²) >= 11 is 5.78. The van der Waals surface area contributed by atoms with Crippen molar-refractivity contribution < 1.29 is 14.3 Å². The van der Waals surface area contributed by atoms with E-state index < -0.39 is 17.8 Å². The summed E-state index contributed by atoms with van der Waals surface area (Å²) < 4.78 is 13.7. The van der Waals surface area contributed by atoms with Crippen LogP contribution in [0.3, 0.4) is 0 Å². The minimum Gasteiger partial charge on any atom is -0.387 e. The maximum atomic E-state index is 13.7. The van der Waals surface area contributed by atoms with Crippen molar-refractivity contribution in [3.63, 3.8) is 0 Å². The summed E-state index contributed by atoms with van der Waals surface area (Å²) in [4.78, 5) is 12.1. The molecule has 0 fully saturated rings. The third-order valence-corrected chi connectivity index (χ3v) is 3.74. The quantitative estimate of drug-likeness (QED) is 0.886. The summed E-state index contributed by atoms with van der Waals surface area (Å²) in [6.07, 6.45) is -0.839. The van der Waals surface area contributed by atoms with Crippen LogP contribution in [0.2, 0.25) is 5.02 Å². The van der Waals surface area contributed by atoms with Crippen LogP contribution in [-0.2, 0) is 4.79 Å². The van der Waals surface area contributed by atoms with Gasteiger partial charge in [0.2, 0.25) is 5.91 Å². The monoisotopic (exact) mass is 321 g/mol. The molecule has 5 heteroatoms. The van der Waals surface area contributed by atoms with Crippen molar-refractivity contribution in [3.8, 4) is 0 Å². The third kappa shape index (κ3) is 4.06. The van der Waals surface area contributed by atoms with Gasteiger partial charge >= 0.3 is 0 Å². The number of rotatable bonds is 5. The first-order valence-electron chi connectivity index (χ1n) is 6.94. The van der Waals surface area contributed by atoms with E-state index in [2.05, 4.69) is 5.32 Å². The summed E-state index contributed by atoms with van der Waals surface area (Å²) in [5.41, 5.74) is 0.990. The Kier molecular flexibility index (Phi) is 5.52. The Bertz CT molecular complexity index is 645. The minimum atomic E-state index is -0.839. The molecule has 2 atom stereocenters. The second-order valence-electron chi connectivity index (χ2n) is 5.06. The van der Waals surface area contributed by atoms with E-state index in [9.17, 15) is 14.3 Å². The number of benzene rings is 2. The molecule has 0 aliphatic rings. The van der Waals surface area contributed by atoms with Crippen molar-refractivity contribution in [1.29, 1.82) is 0 Å². The molecule has 2 rings (SSSR count). The average molecular weight is 322 g/mol. The zero-order valence-electron chi connectivity index (χ0n) is 12.1. The average Bonchev–Trinajstić information content (AvgIpc) is 2.52. The highest BCUT2D eigenvalue weighted by atomic mass is 35.5. The van der Waals surface area contributed by atoms with E-state index in [0.717, 1.165) is 0 Å². The molecule has 0 aliphatic carbocycles. The highest BCUT2D eigenvalue weighted by molar-refractivity contribution is 6.30.